The lowest BCUT2D eigenvalue weighted by Crippen LogP contribution is -2.56. The van der Waals surface area contributed by atoms with Crippen molar-refractivity contribution in [2.24, 2.45) is 11.8 Å². The summed E-state index contributed by atoms with van der Waals surface area (Å²) in [6, 6.07) is 0. The van der Waals surface area contributed by atoms with Gasteiger partial charge in [-0.1, -0.05) is 24.8 Å². The van der Waals surface area contributed by atoms with Crippen LogP contribution in [-0.2, 0) is 14.3 Å². The first kappa shape index (κ1) is 13.4. The van der Waals surface area contributed by atoms with Gasteiger partial charge in [-0.3, -0.25) is 0 Å². The first-order valence-electron chi connectivity index (χ1n) is 7.28. The summed E-state index contributed by atoms with van der Waals surface area (Å²) >= 11 is 0. The van der Waals surface area contributed by atoms with Gasteiger partial charge in [0.15, 0.2) is 0 Å². The van der Waals surface area contributed by atoms with E-state index >= 15 is 0 Å². The largest absolute Gasteiger partial charge is 0.466 e. The second-order valence-electron chi connectivity index (χ2n) is 7.50. The molecule has 4 heteroatoms. The maximum absolute atomic E-state index is 12.2. The molecule has 4 aliphatic rings. The highest BCUT2D eigenvalue weighted by Crippen LogP contribution is 2.60. The predicted molar refractivity (Wildman–Crippen MR) is 76.5 cm³/mol. The van der Waals surface area contributed by atoms with Crippen molar-refractivity contribution in [1.82, 2.24) is 0 Å². The fourth-order valence-corrected chi connectivity index (χ4v) is 7.15. The van der Waals surface area contributed by atoms with Crippen LogP contribution in [0.15, 0.2) is 10.8 Å². The zero-order valence-electron chi connectivity index (χ0n) is 12.6. The summed E-state index contributed by atoms with van der Waals surface area (Å²) in [5.41, 5.74) is 0.850. The topological polar surface area (TPSA) is 35.5 Å². The third-order valence-electron chi connectivity index (χ3n) is 5.21. The Balaban J connectivity index is 2.18. The number of carbonyl (C=O) groups is 1. The van der Waals surface area contributed by atoms with Crippen molar-refractivity contribution >= 4 is 14.0 Å². The Morgan fingerprint density at radius 2 is 2.11 bits per heavy atom. The summed E-state index contributed by atoms with van der Waals surface area (Å²) in [7, 11) is -0.0620. The minimum Gasteiger partial charge on any atom is -0.466 e. The maximum Gasteiger partial charge on any atom is 0.335 e. The lowest BCUT2D eigenvalue weighted by atomic mass is 9.73. The summed E-state index contributed by atoms with van der Waals surface area (Å²) < 4.78 is 11.3. The molecule has 19 heavy (non-hydrogen) atoms. The van der Waals surface area contributed by atoms with Gasteiger partial charge in [0, 0.05) is 5.92 Å². The van der Waals surface area contributed by atoms with Gasteiger partial charge >= 0.3 is 5.97 Å². The standard InChI is InChI=1S/C15H24O3Si/c1-15-7-6-9-8-10(18-15)11(14(16)17-2)13(12(9)15)19(3,4)5/h9-10,12H,6-8H2,1-5H3/t9-,10+,12-,15-/m0/s1. The Bertz CT molecular complexity index is 463. The molecule has 3 nitrogen and oxygen atoms in total. The van der Waals surface area contributed by atoms with E-state index in [1.54, 1.807) is 0 Å². The number of methoxy groups -OCH3 is 1. The normalized spacial score (nSPS) is 40.8. The molecule has 106 valence electrons. The van der Waals surface area contributed by atoms with Crippen molar-refractivity contribution in [3.8, 4) is 0 Å². The second-order valence-corrected chi connectivity index (χ2v) is 12.5. The number of ether oxygens (including phenoxy) is 2. The van der Waals surface area contributed by atoms with E-state index in [9.17, 15) is 4.79 Å². The molecule has 0 amide bonds. The zero-order valence-corrected chi connectivity index (χ0v) is 13.6. The number of carbonyl (C=O) groups excluding carboxylic acids is 1. The molecule has 0 aromatic heterocycles. The van der Waals surface area contributed by atoms with E-state index in [1.807, 2.05) is 0 Å². The van der Waals surface area contributed by atoms with Crippen LogP contribution in [-0.4, -0.2) is 32.9 Å². The van der Waals surface area contributed by atoms with Crippen molar-refractivity contribution in [2.75, 3.05) is 7.11 Å². The van der Waals surface area contributed by atoms with Gasteiger partial charge in [-0.25, -0.2) is 4.79 Å². The number of hydrogen-bond donors (Lipinski definition) is 0. The van der Waals surface area contributed by atoms with Crippen LogP contribution in [0.2, 0.25) is 19.6 Å². The van der Waals surface area contributed by atoms with Gasteiger partial charge in [0.05, 0.1) is 32.5 Å². The zero-order chi connectivity index (χ0) is 14.0. The van der Waals surface area contributed by atoms with Gasteiger partial charge in [-0.05, 0) is 32.1 Å². The van der Waals surface area contributed by atoms with E-state index in [0.717, 1.165) is 24.3 Å². The molecule has 0 spiro atoms. The van der Waals surface area contributed by atoms with Crippen LogP contribution in [0, 0.1) is 11.8 Å². The first-order valence-corrected chi connectivity index (χ1v) is 10.8. The highest BCUT2D eigenvalue weighted by atomic mass is 28.3. The Morgan fingerprint density at radius 1 is 1.42 bits per heavy atom. The quantitative estimate of drug-likeness (QED) is 0.576. The molecular weight excluding hydrogens is 256 g/mol. The Labute approximate surface area is 116 Å². The third kappa shape index (κ3) is 1.76. The first-order chi connectivity index (χ1) is 8.78. The van der Waals surface area contributed by atoms with Crippen LogP contribution < -0.4 is 0 Å². The molecule has 1 saturated heterocycles. The molecule has 2 heterocycles. The van der Waals surface area contributed by atoms with E-state index in [2.05, 4.69) is 26.6 Å². The van der Waals surface area contributed by atoms with Crippen molar-refractivity contribution in [1.29, 1.82) is 0 Å². The summed E-state index contributed by atoms with van der Waals surface area (Å²) in [4.78, 5) is 12.2. The third-order valence-corrected chi connectivity index (χ3v) is 7.40. The molecule has 0 unspecified atom stereocenters. The van der Waals surface area contributed by atoms with E-state index < -0.39 is 8.07 Å². The minimum atomic E-state index is -1.54. The average molecular weight is 280 g/mol. The SMILES string of the molecule is COC(=O)C1=C([Si](C)(C)C)[C@@H]2[C@H]3CC[C@]2(C)O[C@@H]1C3. The Morgan fingerprint density at radius 3 is 2.63 bits per heavy atom. The van der Waals surface area contributed by atoms with Crippen LogP contribution in [0.25, 0.3) is 0 Å². The number of esters is 1. The van der Waals surface area contributed by atoms with Crippen molar-refractivity contribution < 1.29 is 14.3 Å². The fourth-order valence-electron chi connectivity index (χ4n) is 4.61. The van der Waals surface area contributed by atoms with E-state index in [-0.39, 0.29) is 17.7 Å². The van der Waals surface area contributed by atoms with Crippen molar-refractivity contribution in [3.05, 3.63) is 10.8 Å². The second kappa shape index (κ2) is 3.95. The highest BCUT2D eigenvalue weighted by Gasteiger charge is 2.60. The fraction of sp³-hybridized carbons (Fsp3) is 0.800. The molecular formula is C15H24O3Si. The summed E-state index contributed by atoms with van der Waals surface area (Å²) in [6.07, 6.45) is 3.39. The van der Waals surface area contributed by atoms with E-state index in [1.165, 1.54) is 18.7 Å². The molecule has 2 aliphatic heterocycles. The van der Waals surface area contributed by atoms with Gasteiger partial charge in [0.2, 0.25) is 0 Å². The highest BCUT2D eigenvalue weighted by molar-refractivity contribution is 6.83. The van der Waals surface area contributed by atoms with Gasteiger partial charge in [-0.15, -0.1) is 0 Å². The summed E-state index contributed by atoms with van der Waals surface area (Å²) in [5, 5.41) is 1.44. The summed E-state index contributed by atoms with van der Waals surface area (Å²) in [5.74, 6) is 1.02. The molecule has 4 bridgehead atoms. The smallest absolute Gasteiger partial charge is 0.335 e. The number of rotatable bonds is 2. The van der Waals surface area contributed by atoms with Gasteiger partial charge in [-0.2, -0.15) is 0 Å². The molecule has 2 aliphatic carbocycles. The van der Waals surface area contributed by atoms with Crippen molar-refractivity contribution in [3.63, 3.8) is 0 Å². The Hall–Kier alpha value is -0.613. The van der Waals surface area contributed by atoms with E-state index in [0.29, 0.717) is 5.92 Å². The monoisotopic (exact) mass is 280 g/mol. The van der Waals surface area contributed by atoms with Crippen molar-refractivity contribution in [2.45, 2.75) is 57.5 Å². The van der Waals surface area contributed by atoms with Crippen LogP contribution in [0.1, 0.15) is 26.2 Å². The van der Waals surface area contributed by atoms with E-state index in [4.69, 9.17) is 9.47 Å². The molecule has 4 atom stereocenters. The van der Waals surface area contributed by atoms with Crippen LogP contribution >= 0.6 is 0 Å². The average Bonchev–Trinajstić information content (AvgIpc) is 2.55. The minimum absolute atomic E-state index is 0.0170. The lowest BCUT2D eigenvalue weighted by molar-refractivity contribution is -0.153. The molecule has 2 fully saturated rings. The molecule has 0 aromatic carbocycles. The predicted octanol–water partition coefficient (Wildman–Crippen LogP) is 2.92. The van der Waals surface area contributed by atoms with Gasteiger partial charge in [0.25, 0.3) is 0 Å². The Kier molecular flexibility index (Phi) is 2.78. The van der Waals surface area contributed by atoms with Gasteiger partial charge in [0.1, 0.15) is 0 Å². The van der Waals surface area contributed by atoms with Gasteiger partial charge < -0.3 is 9.47 Å². The summed E-state index contributed by atoms with van der Waals surface area (Å²) in [6.45, 7) is 9.27. The molecule has 1 saturated carbocycles. The molecule has 0 aromatic rings. The van der Waals surface area contributed by atoms with Crippen LogP contribution in [0.5, 0.6) is 0 Å². The van der Waals surface area contributed by atoms with Crippen LogP contribution in [0.3, 0.4) is 0 Å². The molecule has 4 rings (SSSR count). The molecule has 0 N–H and O–H groups in total. The number of hydrogen-bond acceptors (Lipinski definition) is 3. The van der Waals surface area contributed by atoms with Crippen LogP contribution in [0.4, 0.5) is 0 Å². The molecule has 0 radical (unpaired) electrons. The maximum atomic E-state index is 12.2. The lowest BCUT2D eigenvalue weighted by Gasteiger charge is -2.52.